The van der Waals surface area contributed by atoms with E-state index in [1.165, 1.54) is 6.08 Å². The van der Waals surface area contributed by atoms with Crippen molar-refractivity contribution in [3.8, 4) is 0 Å². The summed E-state index contributed by atoms with van der Waals surface area (Å²) in [5, 5.41) is 0. The largest absolute Gasteiger partial charge is 0.370 e. The van der Waals surface area contributed by atoms with Crippen LogP contribution in [-0.4, -0.2) is 34.4 Å². The minimum atomic E-state index is -0.550. The van der Waals surface area contributed by atoms with E-state index in [1.54, 1.807) is 0 Å². The normalized spacial score (nSPS) is 10.6. The number of amides is 1. The summed E-state index contributed by atoms with van der Waals surface area (Å²) >= 11 is 0. The first-order valence-electron chi connectivity index (χ1n) is 2.72. The Balaban J connectivity index is 3.27. The van der Waals surface area contributed by atoms with E-state index in [2.05, 4.69) is 11.6 Å². The molecule has 52 valence electrons. The molecular formula is C5H12N2OSi. The summed E-state index contributed by atoms with van der Waals surface area (Å²) in [6.45, 7) is 3.33. The average Bonchev–Trinajstić information content (AvgIpc) is 1.83. The second-order valence-corrected chi connectivity index (χ2v) is 3.92. The molecule has 0 aliphatic rings. The highest BCUT2D eigenvalue weighted by atomic mass is 28.2. The van der Waals surface area contributed by atoms with Gasteiger partial charge in [-0.1, -0.05) is 6.58 Å². The average molecular weight is 144 g/mol. The molecule has 9 heavy (non-hydrogen) atoms. The van der Waals surface area contributed by atoms with E-state index in [4.69, 9.17) is 0 Å². The monoisotopic (exact) mass is 144 g/mol. The molecule has 0 rings (SSSR count). The summed E-state index contributed by atoms with van der Waals surface area (Å²) in [6, 6.07) is 0. The Hall–Kier alpha value is -0.613. The molecule has 0 aliphatic heterocycles. The zero-order valence-corrected chi connectivity index (χ0v) is 7.26. The van der Waals surface area contributed by atoms with Crippen LogP contribution in [0.1, 0.15) is 0 Å². The minimum Gasteiger partial charge on any atom is -0.370 e. The SMILES string of the molecule is C=CC(=O)N[SiH2]N(C)C. The maximum Gasteiger partial charge on any atom is 0.236 e. The predicted molar refractivity (Wildman–Crippen MR) is 40.6 cm³/mol. The lowest BCUT2D eigenvalue weighted by molar-refractivity contribution is -0.115. The Morgan fingerprint density at radius 3 is 2.67 bits per heavy atom. The highest BCUT2D eigenvalue weighted by molar-refractivity contribution is 6.34. The number of hydrogen-bond donors (Lipinski definition) is 1. The first-order chi connectivity index (χ1) is 4.16. The molecule has 0 aliphatic carbocycles. The molecule has 4 heteroatoms. The van der Waals surface area contributed by atoms with Gasteiger partial charge >= 0.3 is 0 Å². The molecule has 0 bridgehead atoms. The number of hydrogen-bond acceptors (Lipinski definition) is 2. The lowest BCUT2D eigenvalue weighted by Gasteiger charge is -2.07. The van der Waals surface area contributed by atoms with Gasteiger partial charge in [-0.15, -0.1) is 0 Å². The Morgan fingerprint density at radius 2 is 2.33 bits per heavy atom. The zero-order chi connectivity index (χ0) is 7.28. The van der Waals surface area contributed by atoms with Crippen molar-refractivity contribution in [2.24, 2.45) is 0 Å². The molecule has 0 aromatic carbocycles. The smallest absolute Gasteiger partial charge is 0.236 e. The molecule has 1 amide bonds. The van der Waals surface area contributed by atoms with Gasteiger partial charge in [-0.2, -0.15) is 0 Å². The van der Waals surface area contributed by atoms with Gasteiger partial charge in [-0.3, -0.25) is 4.79 Å². The van der Waals surface area contributed by atoms with Gasteiger partial charge < -0.3 is 9.55 Å². The van der Waals surface area contributed by atoms with Crippen LogP contribution in [0.5, 0.6) is 0 Å². The first-order valence-corrected chi connectivity index (χ1v) is 4.05. The lowest BCUT2D eigenvalue weighted by atomic mass is 10.6. The van der Waals surface area contributed by atoms with Gasteiger partial charge in [0.1, 0.15) is 0 Å². The van der Waals surface area contributed by atoms with Crippen molar-refractivity contribution in [2.45, 2.75) is 0 Å². The van der Waals surface area contributed by atoms with Crippen molar-refractivity contribution in [1.29, 1.82) is 0 Å². The van der Waals surface area contributed by atoms with E-state index in [1.807, 2.05) is 18.7 Å². The number of nitrogens with zero attached hydrogens (tertiary/aromatic N) is 1. The molecule has 3 nitrogen and oxygen atoms in total. The molecule has 0 unspecified atom stereocenters. The van der Waals surface area contributed by atoms with Crippen LogP contribution < -0.4 is 4.98 Å². The highest BCUT2D eigenvalue weighted by Crippen LogP contribution is 1.66. The Morgan fingerprint density at radius 1 is 1.78 bits per heavy atom. The third-order valence-electron chi connectivity index (χ3n) is 0.755. The number of carbonyl (C=O) groups excluding carboxylic acids is 1. The summed E-state index contributed by atoms with van der Waals surface area (Å²) < 4.78 is 2.00. The van der Waals surface area contributed by atoms with Crippen LogP contribution in [0.4, 0.5) is 0 Å². The van der Waals surface area contributed by atoms with Crippen LogP contribution in [0.3, 0.4) is 0 Å². The summed E-state index contributed by atoms with van der Waals surface area (Å²) in [4.78, 5) is 13.2. The van der Waals surface area contributed by atoms with E-state index >= 15 is 0 Å². The second kappa shape index (κ2) is 4.28. The van der Waals surface area contributed by atoms with E-state index in [0.717, 1.165) is 0 Å². The van der Waals surface area contributed by atoms with E-state index in [-0.39, 0.29) is 5.91 Å². The van der Waals surface area contributed by atoms with Gasteiger partial charge in [0.25, 0.3) is 0 Å². The molecule has 0 saturated heterocycles. The Kier molecular flexibility index (Phi) is 3.99. The third kappa shape index (κ3) is 5.25. The fourth-order valence-corrected chi connectivity index (χ4v) is 0.925. The molecule has 0 radical (unpaired) electrons. The van der Waals surface area contributed by atoms with Crippen LogP contribution in [0.15, 0.2) is 12.7 Å². The van der Waals surface area contributed by atoms with Crippen LogP contribution in [0, 0.1) is 0 Å². The van der Waals surface area contributed by atoms with Crippen LogP contribution in [-0.2, 0) is 4.79 Å². The molecule has 0 fully saturated rings. The third-order valence-corrected chi connectivity index (χ3v) is 1.89. The van der Waals surface area contributed by atoms with Crippen molar-refractivity contribution < 1.29 is 4.79 Å². The molecule has 0 aromatic rings. The molecule has 0 heterocycles. The van der Waals surface area contributed by atoms with Gasteiger partial charge in [-0.25, -0.2) is 0 Å². The molecular weight excluding hydrogens is 132 g/mol. The predicted octanol–water partition coefficient (Wildman–Crippen LogP) is -1.15. The Labute approximate surface area is 57.7 Å². The van der Waals surface area contributed by atoms with E-state index in [9.17, 15) is 4.79 Å². The topological polar surface area (TPSA) is 32.3 Å². The van der Waals surface area contributed by atoms with Crippen LogP contribution in [0.25, 0.3) is 0 Å². The van der Waals surface area contributed by atoms with Gasteiger partial charge in [0, 0.05) is 0 Å². The van der Waals surface area contributed by atoms with Crippen molar-refractivity contribution >= 4 is 15.7 Å². The van der Waals surface area contributed by atoms with Crippen LogP contribution >= 0.6 is 0 Å². The fraction of sp³-hybridized carbons (Fsp3) is 0.400. The molecule has 0 spiro atoms. The zero-order valence-electron chi connectivity index (χ0n) is 5.85. The van der Waals surface area contributed by atoms with E-state index < -0.39 is 9.84 Å². The lowest BCUT2D eigenvalue weighted by Crippen LogP contribution is -2.35. The quantitative estimate of drug-likeness (QED) is 0.401. The maximum atomic E-state index is 10.5. The van der Waals surface area contributed by atoms with Crippen LogP contribution in [0.2, 0.25) is 0 Å². The van der Waals surface area contributed by atoms with E-state index in [0.29, 0.717) is 0 Å². The summed E-state index contributed by atoms with van der Waals surface area (Å²) in [5.74, 6) is -0.0737. The molecule has 0 atom stereocenters. The summed E-state index contributed by atoms with van der Waals surface area (Å²) in [5.41, 5.74) is 0. The van der Waals surface area contributed by atoms with Crippen molar-refractivity contribution in [3.63, 3.8) is 0 Å². The van der Waals surface area contributed by atoms with Crippen molar-refractivity contribution in [1.82, 2.24) is 9.55 Å². The molecule has 1 N–H and O–H groups in total. The summed E-state index contributed by atoms with van der Waals surface area (Å²) in [7, 11) is 3.33. The molecule has 0 aromatic heterocycles. The number of nitrogens with one attached hydrogen (secondary N) is 1. The standard InChI is InChI=1S/C5H12N2OSi/c1-4-5(8)6-9-7(2)3/h4H,1,9H2,2-3H3,(H,6,8). The van der Waals surface area contributed by atoms with Gasteiger partial charge in [0.05, 0.1) is 0 Å². The minimum absolute atomic E-state index is 0.0737. The molecule has 0 saturated carbocycles. The van der Waals surface area contributed by atoms with Crippen molar-refractivity contribution in [2.75, 3.05) is 14.1 Å². The summed E-state index contributed by atoms with van der Waals surface area (Å²) in [6.07, 6.45) is 1.29. The van der Waals surface area contributed by atoms with Gasteiger partial charge in [0.15, 0.2) is 0 Å². The van der Waals surface area contributed by atoms with Gasteiger partial charge in [-0.05, 0) is 20.2 Å². The maximum absolute atomic E-state index is 10.5. The number of rotatable bonds is 3. The van der Waals surface area contributed by atoms with Crippen molar-refractivity contribution in [3.05, 3.63) is 12.7 Å². The fourth-order valence-electron chi connectivity index (χ4n) is 0.308. The second-order valence-electron chi connectivity index (χ2n) is 1.98. The Bertz CT molecular complexity index is 114. The number of carbonyl (C=O) groups is 1. The first kappa shape index (κ1) is 8.39. The highest BCUT2D eigenvalue weighted by Gasteiger charge is 1.92. The van der Waals surface area contributed by atoms with Gasteiger partial charge in [0.2, 0.25) is 15.7 Å².